The van der Waals surface area contributed by atoms with Crippen molar-refractivity contribution >= 4 is 22.8 Å². The molecular formula is C15H15N3O5. The molecule has 1 aliphatic heterocycles. The third-order valence-electron chi connectivity index (χ3n) is 3.73. The fourth-order valence-electron chi connectivity index (χ4n) is 2.49. The molecule has 1 aromatic carbocycles. The summed E-state index contributed by atoms with van der Waals surface area (Å²) < 4.78 is 6.31. The molecule has 1 aliphatic rings. The molecule has 1 N–H and O–H groups in total. The molecule has 23 heavy (non-hydrogen) atoms. The first-order chi connectivity index (χ1) is 11.1. The number of carboxylic acids is 1. The highest BCUT2D eigenvalue weighted by molar-refractivity contribution is 5.80. The zero-order valence-electron chi connectivity index (χ0n) is 12.2. The van der Waals surface area contributed by atoms with Gasteiger partial charge in [-0.1, -0.05) is 12.1 Å². The Morgan fingerprint density at radius 1 is 1.35 bits per heavy atom. The van der Waals surface area contributed by atoms with Gasteiger partial charge >= 0.3 is 5.97 Å². The predicted octanol–water partition coefficient (Wildman–Crippen LogP) is -0.292. The summed E-state index contributed by atoms with van der Waals surface area (Å²) in [6, 6.07) is 6.89. The molecule has 1 fully saturated rings. The van der Waals surface area contributed by atoms with Crippen molar-refractivity contribution in [1.82, 2.24) is 14.5 Å². The largest absolute Gasteiger partial charge is 0.479 e. The van der Waals surface area contributed by atoms with E-state index in [1.165, 1.54) is 15.8 Å². The second kappa shape index (κ2) is 6.17. The number of nitrogens with zero attached hydrogens (tertiary/aromatic N) is 3. The smallest absolute Gasteiger partial charge is 0.334 e. The van der Waals surface area contributed by atoms with Crippen LogP contribution in [0.25, 0.3) is 10.9 Å². The van der Waals surface area contributed by atoms with Crippen LogP contribution in [0.4, 0.5) is 0 Å². The highest BCUT2D eigenvalue weighted by Gasteiger charge is 2.29. The van der Waals surface area contributed by atoms with E-state index in [1.54, 1.807) is 24.3 Å². The number of ether oxygens (including phenoxy) is 1. The fraction of sp³-hybridized carbons (Fsp3) is 0.333. The lowest BCUT2D eigenvalue weighted by atomic mass is 10.2. The molecule has 8 nitrogen and oxygen atoms in total. The quantitative estimate of drug-likeness (QED) is 0.834. The van der Waals surface area contributed by atoms with Crippen molar-refractivity contribution in [2.24, 2.45) is 0 Å². The lowest BCUT2D eigenvalue weighted by Crippen LogP contribution is -2.49. The van der Waals surface area contributed by atoms with Crippen LogP contribution < -0.4 is 5.56 Å². The van der Waals surface area contributed by atoms with E-state index in [-0.39, 0.29) is 31.2 Å². The van der Waals surface area contributed by atoms with E-state index < -0.39 is 12.1 Å². The number of carbonyl (C=O) groups is 2. The highest BCUT2D eigenvalue weighted by atomic mass is 16.5. The molecule has 2 aromatic rings. The normalized spacial score (nSPS) is 18.1. The summed E-state index contributed by atoms with van der Waals surface area (Å²) in [5.74, 6) is -1.44. The van der Waals surface area contributed by atoms with Gasteiger partial charge in [0, 0.05) is 6.54 Å². The van der Waals surface area contributed by atoms with Gasteiger partial charge < -0.3 is 14.7 Å². The first-order valence-electron chi connectivity index (χ1n) is 7.12. The Labute approximate surface area is 130 Å². The third kappa shape index (κ3) is 3.07. The Hall–Kier alpha value is -2.74. The van der Waals surface area contributed by atoms with Crippen LogP contribution in [0, 0.1) is 0 Å². The summed E-state index contributed by atoms with van der Waals surface area (Å²) in [5, 5.41) is 9.40. The molecule has 8 heteroatoms. The molecule has 1 saturated heterocycles. The number of aliphatic carboxylic acids is 1. The lowest BCUT2D eigenvalue weighted by molar-refractivity contribution is -0.159. The van der Waals surface area contributed by atoms with E-state index in [1.807, 2.05) is 0 Å². The van der Waals surface area contributed by atoms with Gasteiger partial charge in [-0.3, -0.25) is 14.2 Å². The van der Waals surface area contributed by atoms with Gasteiger partial charge in [0.1, 0.15) is 6.54 Å². The lowest BCUT2D eigenvalue weighted by Gasteiger charge is -2.31. The first-order valence-corrected chi connectivity index (χ1v) is 7.12. The molecule has 0 aliphatic carbocycles. The average Bonchev–Trinajstić information content (AvgIpc) is 2.57. The van der Waals surface area contributed by atoms with Crippen molar-refractivity contribution in [2.45, 2.75) is 12.6 Å². The van der Waals surface area contributed by atoms with Crippen molar-refractivity contribution in [3.8, 4) is 0 Å². The van der Waals surface area contributed by atoms with Crippen LogP contribution in [-0.2, 0) is 20.9 Å². The number of rotatable bonds is 3. The summed E-state index contributed by atoms with van der Waals surface area (Å²) >= 11 is 0. The Morgan fingerprint density at radius 2 is 2.13 bits per heavy atom. The van der Waals surface area contributed by atoms with Crippen LogP contribution in [-0.4, -0.2) is 57.2 Å². The van der Waals surface area contributed by atoms with Crippen molar-refractivity contribution in [1.29, 1.82) is 0 Å². The van der Waals surface area contributed by atoms with E-state index in [9.17, 15) is 14.4 Å². The van der Waals surface area contributed by atoms with E-state index in [2.05, 4.69) is 4.98 Å². The van der Waals surface area contributed by atoms with Crippen LogP contribution >= 0.6 is 0 Å². The van der Waals surface area contributed by atoms with Crippen molar-refractivity contribution in [2.75, 3.05) is 19.7 Å². The Kier molecular flexibility index (Phi) is 4.07. The number of fused-ring (bicyclic) bond motifs is 1. The van der Waals surface area contributed by atoms with Gasteiger partial charge in [-0.15, -0.1) is 0 Å². The first kappa shape index (κ1) is 15.2. The predicted molar refractivity (Wildman–Crippen MR) is 80.0 cm³/mol. The Bertz CT molecular complexity index is 816. The van der Waals surface area contributed by atoms with Gasteiger partial charge in [-0.05, 0) is 12.1 Å². The highest BCUT2D eigenvalue weighted by Crippen LogP contribution is 2.08. The molecule has 0 bridgehead atoms. The zero-order valence-corrected chi connectivity index (χ0v) is 12.2. The van der Waals surface area contributed by atoms with Crippen LogP contribution in [0.15, 0.2) is 35.4 Å². The molecule has 1 aromatic heterocycles. The fourth-order valence-corrected chi connectivity index (χ4v) is 2.49. The van der Waals surface area contributed by atoms with Gasteiger partial charge in [0.05, 0.1) is 30.4 Å². The third-order valence-corrected chi connectivity index (χ3v) is 3.73. The SMILES string of the molecule is O=C(O)C1CN(C(=O)Cn2cnc3ccccc3c2=O)CCO1. The maximum absolute atomic E-state index is 12.4. The minimum absolute atomic E-state index is 0.0239. The number of amides is 1. The monoisotopic (exact) mass is 317 g/mol. The summed E-state index contributed by atoms with van der Waals surface area (Å²) in [7, 11) is 0. The number of hydrogen-bond acceptors (Lipinski definition) is 5. The number of para-hydroxylation sites is 1. The van der Waals surface area contributed by atoms with Gasteiger partial charge in [0.25, 0.3) is 5.56 Å². The van der Waals surface area contributed by atoms with Gasteiger partial charge in [-0.2, -0.15) is 0 Å². The summed E-state index contributed by atoms with van der Waals surface area (Å²) in [6.45, 7) is 0.263. The van der Waals surface area contributed by atoms with Gasteiger partial charge in [0.2, 0.25) is 5.91 Å². The van der Waals surface area contributed by atoms with Gasteiger partial charge in [0.15, 0.2) is 6.10 Å². The van der Waals surface area contributed by atoms with E-state index in [0.717, 1.165) is 0 Å². The molecular weight excluding hydrogens is 302 g/mol. The molecule has 1 atom stereocenters. The minimum Gasteiger partial charge on any atom is -0.479 e. The molecule has 2 heterocycles. The van der Waals surface area contributed by atoms with Crippen LogP contribution in [0.3, 0.4) is 0 Å². The molecule has 0 spiro atoms. The molecule has 1 amide bonds. The maximum Gasteiger partial charge on any atom is 0.334 e. The summed E-state index contributed by atoms with van der Waals surface area (Å²) in [6.07, 6.45) is 0.302. The Morgan fingerprint density at radius 3 is 2.91 bits per heavy atom. The van der Waals surface area contributed by atoms with Crippen LogP contribution in [0.5, 0.6) is 0 Å². The van der Waals surface area contributed by atoms with E-state index in [4.69, 9.17) is 9.84 Å². The van der Waals surface area contributed by atoms with Gasteiger partial charge in [-0.25, -0.2) is 9.78 Å². The number of hydrogen-bond donors (Lipinski definition) is 1. The van der Waals surface area contributed by atoms with E-state index in [0.29, 0.717) is 17.4 Å². The second-order valence-corrected chi connectivity index (χ2v) is 5.23. The number of benzene rings is 1. The van der Waals surface area contributed by atoms with Crippen LogP contribution in [0.2, 0.25) is 0 Å². The van der Waals surface area contributed by atoms with Crippen molar-refractivity contribution in [3.63, 3.8) is 0 Å². The molecule has 120 valence electrons. The molecule has 3 rings (SSSR count). The standard InChI is InChI=1S/C15H15N3O5/c19-13(17-5-6-23-12(7-17)15(21)22)8-18-9-16-11-4-2-1-3-10(11)14(18)20/h1-4,9,12H,5-8H2,(H,21,22). The molecule has 1 unspecified atom stereocenters. The van der Waals surface area contributed by atoms with Crippen molar-refractivity contribution in [3.05, 3.63) is 40.9 Å². The second-order valence-electron chi connectivity index (χ2n) is 5.23. The average molecular weight is 317 g/mol. The number of carbonyl (C=O) groups excluding carboxylic acids is 1. The zero-order chi connectivity index (χ0) is 16.4. The number of aromatic nitrogens is 2. The number of morpholine rings is 1. The topological polar surface area (TPSA) is 102 Å². The number of carboxylic acid groups (broad SMARTS) is 1. The molecule has 0 saturated carbocycles. The minimum atomic E-state index is -1.10. The Balaban J connectivity index is 1.79. The summed E-state index contributed by atoms with van der Waals surface area (Å²) in [5.41, 5.74) is 0.269. The van der Waals surface area contributed by atoms with Crippen molar-refractivity contribution < 1.29 is 19.4 Å². The maximum atomic E-state index is 12.4. The van der Waals surface area contributed by atoms with E-state index >= 15 is 0 Å². The molecule has 0 radical (unpaired) electrons. The van der Waals surface area contributed by atoms with Crippen LogP contribution in [0.1, 0.15) is 0 Å². The summed E-state index contributed by atoms with van der Waals surface area (Å²) in [4.78, 5) is 41.2.